The van der Waals surface area contributed by atoms with E-state index < -0.39 is 0 Å². The molecule has 0 spiro atoms. The van der Waals surface area contributed by atoms with Crippen LogP contribution < -0.4 is 0 Å². The van der Waals surface area contributed by atoms with Crippen LogP contribution in [0.5, 0.6) is 0 Å². The number of piperidine rings is 1. The van der Waals surface area contributed by atoms with Gasteiger partial charge in [-0.05, 0) is 61.1 Å². The molecule has 0 radical (unpaired) electrons. The molecule has 3 heterocycles. The van der Waals surface area contributed by atoms with Crippen LogP contribution in [0.4, 0.5) is 4.39 Å². The molecule has 5 heteroatoms. The van der Waals surface area contributed by atoms with Crippen molar-refractivity contribution in [2.24, 2.45) is 0 Å². The topological polar surface area (TPSA) is 16.1 Å². The zero-order valence-corrected chi connectivity index (χ0v) is 18.0. The Morgan fingerprint density at radius 1 is 0.833 bits per heavy atom. The number of hydrogen-bond donors (Lipinski definition) is 0. The minimum absolute atomic E-state index is 0.0204. The number of aromatic nitrogens is 1. The van der Waals surface area contributed by atoms with Gasteiger partial charge in [-0.2, -0.15) is 0 Å². The Morgan fingerprint density at radius 2 is 1.40 bits per heavy atom. The van der Waals surface area contributed by atoms with Crippen LogP contribution in [0.15, 0.2) is 66.9 Å². The van der Waals surface area contributed by atoms with Crippen molar-refractivity contribution in [3.63, 3.8) is 0 Å². The van der Waals surface area contributed by atoms with Gasteiger partial charge >= 0.3 is 0 Å². The van der Waals surface area contributed by atoms with Crippen LogP contribution in [0.2, 0.25) is 10.0 Å². The predicted octanol–water partition coefficient (Wildman–Crippen LogP) is 7.03. The zero-order chi connectivity index (χ0) is 20.7. The van der Waals surface area contributed by atoms with Crippen LogP contribution in [0.1, 0.15) is 54.5 Å². The maximum atomic E-state index is 13.3. The molecule has 154 valence electrons. The average Bonchev–Trinajstić information content (AvgIpc) is 3.00. The third-order valence-corrected chi connectivity index (χ3v) is 7.34. The molecule has 2 saturated heterocycles. The molecule has 3 atom stereocenters. The highest BCUT2D eigenvalue weighted by molar-refractivity contribution is 6.32. The van der Waals surface area contributed by atoms with Gasteiger partial charge < -0.3 is 0 Å². The molecule has 0 saturated carbocycles. The lowest BCUT2D eigenvalue weighted by Gasteiger charge is -2.44. The molecule has 1 aromatic heterocycles. The normalized spacial score (nSPS) is 23.8. The monoisotopic (exact) mass is 440 g/mol. The molecule has 2 nitrogen and oxygen atoms in total. The number of rotatable bonds is 4. The van der Waals surface area contributed by atoms with Crippen molar-refractivity contribution in [2.75, 3.05) is 0 Å². The van der Waals surface area contributed by atoms with Gasteiger partial charge in [-0.15, -0.1) is 0 Å². The largest absolute Gasteiger partial charge is 0.286 e. The van der Waals surface area contributed by atoms with Gasteiger partial charge in [0.05, 0.1) is 12.2 Å². The van der Waals surface area contributed by atoms with Gasteiger partial charge in [0.2, 0.25) is 0 Å². The van der Waals surface area contributed by atoms with E-state index in [1.54, 1.807) is 0 Å². The minimum atomic E-state index is -0.281. The third kappa shape index (κ3) is 3.64. The quantitative estimate of drug-likeness (QED) is 0.432. The molecule has 0 aliphatic carbocycles. The smallest absolute Gasteiger partial charge is 0.141 e. The Bertz CT molecular complexity index is 980. The summed E-state index contributed by atoms with van der Waals surface area (Å²) in [6.07, 6.45) is 5.66. The Hall–Kier alpha value is -1.94. The maximum absolute atomic E-state index is 13.3. The molecule has 2 bridgehead atoms. The number of fused-ring (bicyclic) bond motifs is 2. The van der Waals surface area contributed by atoms with Crippen LogP contribution in [0, 0.1) is 5.82 Å². The van der Waals surface area contributed by atoms with Crippen molar-refractivity contribution in [3.8, 4) is 0 Å². The first-order valence-corrected chi connectivity index (χ1v) is 11.2. The molecular formula is C25H23Cl2FN2. The summed E-state index contributed by atoms with van der Waals surface area (Å²) >= 11 is 13.4. The molecule has 30 heavy (non-hydrogen) atoms. The minimum Gasteiger partial charge on any atom is -0.286 e. The van der Waals surface area contributed by atoms with Crippen molar-refractivity contribution < 1.29 is 4.39 Å². The van der Waals surface area contributed by atoms with E-state index in [1.165, 1.54) is 12.3 Å². The summed E-state index contributed by atoms with van der Waals surface area (Å²) in [6, 6.07) is 20.4. The van der Waals surface area contributed by atoms with Crippen molar-refractivity contribution >= 4 is 23.2 Å². The highest BCUT2D eigenvalue weighted by Gasteiger charge is 2.46. The summed E-state index contributed by atoms with van der Waals surface area (Å²) < 4.78 is 13.3. The summed E-state index contributed by atoms with van der Waals surface area (Å²) in [7, 11) is 0. The second kappa shape index (κ2) is 8.30. The van der Waals surface area contributed by atoms with Gasteiger partial charge in [0.1, 0.15) is 5.82 Å². The van der Waals surface area contributed by atoms with Crippen molar-refractivity contribution in [3.05, 3.63) is 99.5 Å². The van der Waals surface area contributed by atoms with Crippen molar-refractivity contribution in [1.29, 1.82) is 0 Å². The molecule has 0 N–H and O–H groups in total. The number of hydrogen-bond acceptors (Lipinski definition) is 2. The van der Waals surface area contributed by atoms with Gasteiger partial charge in [0.15, 0.2) is 0 Å². The molecule has 1 unspecified atom stereocenters. The van der Waals surface area contributed by atoms with Crippen molar-refractivity contribution in [1.82, 2.24) is 9.88 Å². The van der Waals surface area contributed by atoms with E-state index in [4.69, 9.17) is 23.2 Å². The van der Waals surface area contributed by atoms with Gasteiger partial charge in [-0.25, -0.2) is 4.39 Å². The fourth-order valence-corrected chi connectivity index (χ4v) is 5.87. The Labute approximate surface area is 186 Å². The molecule has 5 rings (SSSR count). The van der Waals surface area contributed by atoms with Gasteiger partial charge in [-0.3, -0.25) is 9.88 Å². The Kier molecular flexibility index (Phi) is 5.53. The summed E-state index contributed by atoms with van der Waals surface area (Å²) in [5, 5.41) is 1.54. The molecule has 0 amide bonds. The van der Waals surface area contributed by atoms with Crippen molar-refractivity contribution in [2.45, 2.75) is 49.7 Å². The highest BCUT2D eigenvalue weighted by atomic mass is 35.5. The number of benzene rings is 2. The summed E-state index contributed by atoms with van der Waals surface area (Å²) in [5.74, 6) is 0.0779. The predicted molar refractivity (Wildman–Crippen MR) is 120 cm³/mol. The van der Waals surface area contributed by atoms with E-state index in [1.807, 2.05) is 42.5 Å². The second-order valence-corrected chi connectivity index (χ2v) is 9.16. The van der Waals surface area contributed by atoms with Crippen LogP contribution in [0.3, 0.4) is 0 Å². The van der Waals surface area contributed by atoms with Gasteiger partial charge in [-0.1, -0.05) is 59.6 Å². The summed E-state index contributed by atoms with van der Waals surface area (Å²) in [5.41, 5.74) is 3.20. The maximum Gasteiger partial charge on any atom is 0.141 e. The van der Waals surface area contributed by atoms with Gasteiger partial charge in [0, 0.05) is 33.7 Å². The highest BCUT2D eigenvalue weighted by Crippen LogP contribution is 2.49. The molecular weight excluding hydrogens is 418 g/mol. The van der Waals surface area contributed by atoms with E-state index in [2.05, 4.69) is 22.0 Å². The standard InChI is InChI=1S/C25H23Cl2FN2/c26-22-7-3-1-5-20(22)25(21-6-2-4-8-23(21)27)30-18-10-11-19(30)14-16(13-18)24-12-9-17(28)15-29-24/h1-9,12,15-16,18-19,25H,10-11,13-14H2/t16?,18-,19+. The first-order valence-electron chi connectivity index (χ1n) is 10.5. The molecule has 3 aromatic rings. The molecule has 2 aliphatic rings. The molecule has 2 aromatic carbocycles. The Morgan fingerprint density at radius 3 is 1.90 bits per heavy atom. The van der Waals surface area contributed by atoms with E-state index in [9.17, 15) is 4.39 Å². The molecule has 2 aliphatic heterocycles. The SMILES string of the molecule is Fc1ccc(C2C[C@H]3CC[C@@H](C2)N3C(c2ccccc2Cl)c2ccccc2Cl)nc1. The van der Waals surface area contributed by atoms with Crippen LogP contribution in [0.25, 0.3) is 0 Å². The van der Waals surface area contributed by atoms with E-state index in [0.29, 0.717) is 18.0 Å². The fraction of sp³-hybridized carbons (Fsp3) is 0.320. The first-order chi connectivity index (χ1) is 14.6. The lowest BCUT2D eigenvalue weighted by Crippen LogP contribution is -2.45. The number of halogens is 3. The zero-order valence-electron chi connectivity index (χ0n) is 16.5. The lowest BCUT2D eigenvalue weighted by atomic mass is 9.84. The van der Waals surface area contributed by atoms with E-state index in [-0.39, 0.29) is 11.9 Å². The Balaban J connectivity index is 1.52. The average molecular weight is 441 g/mol. The van der Waals surface area contributed by atoms with Crippen LogP contribution >= 0.6 is 23.2 Å². The third-order valence-electron chi connectivity index (χ3n) is 6.66. The number of nitrogens with zero attached hydrogens (tertiary/aromatic N) is 2. The summed E-state index contributed by atoms with van der Waals surface area (Å²) in [6.45, 7) is 0. The number of pyridine rings is 1. The van der Waals surface area contributed by atoms with Crippen LogP contribution in [-0.4, -0.2) is 22.0 Å². The van der Waals surface area contributed by atoms with E-state index in [0.717, 1.165) is 52.5 Å². The first kappa shape index (κ1) is 20.0. The molecule has 2 fully saturated rings. The lowest BCUT2D eigenvalue weighted by molar-refractivity contribution is 0.0926. The fourth-order valence-electron chi connectivity index (χ4n) is 5.39. The van der Waals surface area contributed by atoms with Gasteiger partial charge in [0.25, 0.3) is 0 Å². The second-order valence-electron chi connectivity index (χ2n) is 8.35. The summed E-state index contributed by atoms with van der Waals surface area (Å²) in [4.78, 5) is 7.00. The van der Waals surface area contributed by atoms with Crippen LogP contribution in [-0.2, 0) is 0 Å². The van der Waals surface area contributed by atoms with E-state index >= 15 is 0 Å².